The van der Waals surface area contributed by atoms with Gasteiger partial charge in [-0.3, -0.25) is 15.0 Å². The maximum absolute atomic E-state index is 11.9. The minimum absolute atomic E-state index is 0.100. The SMILES string of the molecule is NC(=O)CCNNC(=O)[C@H](CC12CC(C1)C2)NC(=O)O. The quantitative estimate of drug-likeness (QED) is 0.297. The zero-order chi connectivity index (χ0) is 14.8. The summed E-state index contributed by atoms with van der Waals surface area (Å²) < 4.78 is 0. The van der Waals surface area contributed by atoms with Crippen LogP contribution in [0.5, 0.6) is 0 Å². The number of nitrogens with two attached hydrogens (primary N) is 1. The highest BCUT2D eigenvalue weighted by molar-refractivity contribution is 5.85. The van der Waals surface area contributed by atoms with Gasteiger partial charge in [-0.2, -0.15) is 0 Å². The molecule has 3 aliphatic carbocycles. The first-order valence-corrected chi connectivity index (χ1v) is 6.71. The van der Waals surface area contributed by atoms with E-state index in [1.807, 2.05) is 0 Å². The Bertz CT molecular complexity index is 409. The Morgan fingerprint density at radius 3 is 2.40 bits per heavy atom. The minimum Gasteiger partial charge on any atom is -0.465 e. The second kappa shape index (κ2) is 5.66. The molecule has 3 saturated carbocycles. The molecule has 6 N–H and O–H groups in total. The Balaban J connectivity index is 1.77. The molecule has 0 aliphatic heterocycles. The molecule has 20 heavy (non-hydrogen) atoms. The average molecular weight is 284 g/mol. The number of primary amides is 1. The Hall–Kier alpha value is -1.83. The van der Waals surface area contributed by atoms with Crippen molar-refractivity contribution in [3.8, 4) is 0 Å². The van der Waals surface area contributed by atoms with Gasteiger partial charge in [0.25, 0.3) is 5.91 Å². The summed E-state index contributed by atoms with van der Waals surface area (Å²) in [6.07, 6.45) is 2.68. The molecule has 3 amide bonds. The van der Waals surface area contributed by atoms with Gasteiger partial charge in [0.2, 0.25) is 5.91 Å². The number of carbonyl (C=O) groups excluding carboxylic acids is 2. The molecule has 8 heteroatoms. The maximum atomic E-state index is 11.9. The Morgan fingerprint density at radius 2 is 1.95 bits per heavy atom. The van der Waals surface area contributed by atoms with Gasteiger partial charge in [0.05, 0.1) is 0 Å². The number of amides is 3. The largest absolute Gasteiger partial charge is 0.465 e. The second-order valence-corrected chi connectivity index (χ2v) is 5.82. The van der Waals surface area contributed by atoms with Crippen molar-refractivity contribution >= 4 is 17.9 Å². The predicted molar refractivity (Wildman–Crippen MR) is 69.3 cm³/mol. The molecule has 0 radical (unpaired) electrons. The fourth-order valence-electron chi connectivity index (χ4n) is 3.12. The zero-order valence-corrected chi connectivity index (χ0v) is 11.1. The number of rotatable bonds is 8. The van der Waals surface area contributed by atoms with Crippen LogP contribution in [-0.4, -0.2) is 35.6 Å². The van der Waals surface area contributed by atoms with E-state index in [9.17, 15) is 14.4 Å². The van der Waals surface area contributed by atoms with Crippen LogP contribution in [0.15, 0.2) is 0 Å². The van der Waals surface area contributed by atoms with Crippen molar-refractivity contribution in [2.75, 3.05) is 6.54 Å². The molecular weight excluding hydrogens is 264 g/mol. The van der Waals surface area contributed by atoms with Crippen LogP contribution >= 0.6 is 0 Å². The minimum atomic E-state index is -1.21. The van der Waals surface area contributed by atoms with Crippen LogP contribution in [0.3, 0.4) is 0 Å². The standard InChI is InChI=1S/C12H20N4O4/c13-9(17)1-2-14-16-10(18)8(15-11(19)20)6-12-3-7(4-12)5-12/h7-8,14-15H,1-6H2,(H2,13,17)(H,16,18)(H,19,20)/t7?,8-,12?/m0/s1. The topological polar surface area (TPSA) is 134 Å². The van der Waals surface area contributed by atoms with Gasteiger partial charge in [-0.1, -0.05) is 0 Å². The van der Waals surface area contributed by atoms with Crippen molar-refractivity contribution in [1.29, 1.82) is 0 Å². The highest BCUT2D eigenvalue weighted by Gasteiger charge is 2.57. The normalized spacial score (nSPS) is 27.7. The molecule has 3 rings (SSSR count). The summed E-state index contributed by atoms with van der Waals surface area (Å²) in [5.74, 6) is -0.125. The molecule has 0 heterocycles. The molecule has 1 atom stereocenters. The van der Waals surface area contributed by atoms with Crippen LogP contribution in [0.2, 0.25) is 0 Å². The number of carbonyl (C=O) groups is 3. The van der Waals surface area contributed by atoms with Gasteiger partial charge in [0.15, 0.2) is 0 Å². The third-order valence-corrected chi connectivity index (χ3v) is 4.12. The smallest absolute Gasteiger partial charge is 0.405 e. The Morgan fingerprint density at radius 1 is 1.30 bits per heavy atom. The van der Waals surface area contributed by atoms with Gasteiger partial charge in [0, 0.05) is 13.0 Å². The monoisotopic (exact) mass is 284 g/mol. The number of nitrogens with one attached hydrogen (secondary N) is 3. The highest BCUT2D eigenvalue weighted by atomic mass is 16.4. The number of hydrazine groups is 1. The number of carboxylic acid groups (broad SMARTS) is 1. The van der Waals surface area contributed by atoms with Gasteiger partial charge >= 0.3 is 6.09 Å². The van der Waals surface area contributed by atoms with E-state index in [1.54, 1.807) is 0 Å². The summed E-state index contributed by atoms with van der Waals surface area (Å²) in [4.78, 5) is 33.3. The van der Waals surface area contributed by atoms with Crippen LogP contribution in [-0.2, 0) is 9.59 Å². The highest BCUT2D eigenvalue weighted by Crippen LogP contribution is 2.66. The van der Waals surface area contributed by atoms with E-state index in [2.05, 4.69) is 16.2 Å². The van der Waals surface area contributed by atoms with E-state index < -0.39 is 23.9 Å². The maximum Gasteiger partial charge on any atom is 0.405 e. The molecule has 0 aromatic carbocycles. The summed E-state index contributed by atoms with van der Waals surface area (Å²) in [5.41, 5.74) is 10.1. The first-order chi connectivity index (χ1) is 9.40. The Labute approximate surface area is 116 Å². The Kier molecular flexibility index (Phi) is 4.12. The molecule has 0 aromatic rings. The molecule has 112 valence electrons. The van der Waals surface area contributed by atoms with E-state index in [-0.39, 0.29) is 18.4 Å². The lowest BCUT2D eigenvalue weighted by molar-refractivity contribution is -0.137. The second-order valence-electron chi connectivity index (χ2n) is 5.82. The van der Waals surface area contributed by atoms with E-state index in [0.717, 1.165) is 25.2 Å². The third-order valence-electron chi connectivity index (χ3n) is 4.12. The van der Waals surface area contributed by atoms with Crippen molar-refractivity contribution in [3.05, 3.63) is 0 Å². The van der Waals surface area contributed by atoms with Gasteiger partial charge in [0.1, 0.15) is 6.04 Å². The summed E-state index contributed by atoms with van der Waals surface area (Å²) in [6, 6.07) is -0.769. The third kappa shape index (κ3) is 3.38. The molecule has 3 fully saturated rings. The lowest BCUT2D eigenvalue weighted by Gasteiger charge is -2.63. The van der Waals surface area contributed by atoms with Crippen molar-refractivity contribution < 1.29 is 19.5 Å². The van der Waals surface area contributed by atoms with Gasteiger partial charge in [-0.05, 0) is 37.0 Å². The summed E-state index contributed by atoms with van der Waals surface area (Å²) in [7, 11) is 0. The molecule has 2 bridgehead atoms. The fourth-order valence-corrected chi connectivity index (χ4v) is 3.12. The lowest BCUT2D eigenvalue weighted by Crippen LogP contribution is -2.59. The summed E-state index contributed by atoms with van der Waals surface area (Å²) in [6.45, 7) is 0.216. The van der Waals surface area contributed by atoms with E-state index in [1.165, 1.54) is 0 Å². The molecule has 0 aromatic heterocycles. The van der Waals surface area contributed by atoms with E-state index >= 15 is 0 Å². The van der Waals surface area contributed by atoms with Crippen LogP contribution in [0, 0.1) is 11.3 Å². The lowest BCUT2D eigenvalue weighted by atomic mass is 9.43. The number of hydrogen-bond acceptors (Lipinski definition) is 4. The fraction of sp³-hybridized carbons (Fsp3) is 0.750. The van der Waals surface area contributed by atoms with Crippen molar-refractivity contribution in [3.63, 3.8) is 0 Å². The van der Waals surface area contributed by atoms with E-state index in [4.69, 9.17) is 10.8 Å². The van der Waals surface area contributed by atoms with Crippen LogP contribution in [0.25, 0.3) is 0 Å². The van der Waals surface area contributed by atoms with Gasteiger partial charge in [-0.25, -0.2) is 10.2 Å². The molecule has 0 saturated heterocycles. The molecule has 3 aliphatic rings. The van der Waals surface area contributed by atoms with Crippen LogP contribution in [0.4, 0.5) is 4.79 Å². The van der Waals surface area contributed by atoms with Crippen molar-refractivity contribution in [2.45, 2.75) is 38.1 Å². The average Bonchev–Trinajstić information content (AvgIpc) is 2.24. The van der Waals surface area contributed by atoms with E-state index in [0.29, 0.717) is 6.42 Å². The van der Waals surface area contributed by atoms with Gasteiger partial charge < -0.3 is 16.2 Å². The van der Waals surface area contributed by atoms with Crippen LogP contribution in [0.1, 0.15) is 32.1 Å². The molecule has 0 spiro atoms. The van der Waals surface area contributed by atoms with Gasteiger partial charge in [-0.15, -0.1) is 0 Å². The zero-order valence-electron chi connectivity index (χ0n) is 11.1. The summed E-state index contributed by atoms with van der Waals surface area (Å²) >= 11 is 0. The predicted octanol–water partition coefficient (Wildman–Crippen LogP) is -0.691. The van der Waals surface area contributed by atoms with Crippen LogP contribution < -0.4 is 21.9 Å². The summed E-state index contributed by atoms with van der Waals surface area (Å²) in [5, 5.41) is 11.1. The first kappa shape index (κ1) is 14.6. The first-order valence-electron chi connectivity index (χ1n) is 6.71. The molecule has 0 unspecified atom stereocenters. The number of hydrogen-bond donors (Lipinski definition) is 5. The van der Waals surface area contributed by atoms with Crippen molar-refractivity contribution in [2.24, 2.45) is 17.1 Å². The molecular formula is C12H20N4O4. The van der Waals surface area contributed by atoms with Crippen molar-refractivity contribution in [1.82, 2.24) is 16.2 Å². The molecule has 8 nitrogen and oxygen atoms in total.